The van der Waals surface area contributed by atoms with E-state index in [4.69, 9.17) is 4.74 Å². The number of benzene rings is 2. The van der Waals surface area contributed by atoms with Crippen molar-refractivity contribution >= 4 is 18.0 Å². The molecule has 4 N–H and O–H groups in total. The summed E-state index contributed by atoms with van der Waals surface area (Å²) in [5.41, 5.74) is -0.538. The van der Waals surface area contributed by atoms with Crippen molar-refractivity contribution in [1.82, 2.24) is 10.6 Å². The SMILES string of the molecule is O=C(C[C@H](O)CNC(=O)OCc1ccccc1)N[C@H](Cc1ccccc1C(F)(F)F)C(=O)O. The van der Waals surface area contributed by atoms with E-state index in [1.54, 1.807) is 30.3 Å². The predicted octanol–water partition coefficient (Wildman–Crippen LogP) is 2.49. The highest BCUT2D eigenvalue weighted by Gasteiger charge is 2.34. The maximum Gasteiger partial charge on any atom is 0.416 e. The van der Waals surface area contributed by atoms with Crippen molar-refractivity contribution in [3.63, 3.8) is 0 Å². The third kappa shape index (κ3) is 8.81. The quantitative estimate of drug-likeness (QED) is 0.425. The van der Waals surface area contributed by atoms with Crippen LogP contribution < -0.4 is 10.6 Å². The fourth-order valence-electron chi connectivity index (χ4n) is 2.91. The number of carboxylic acid groups (broad SMARTS) is 1. The van der Waals surface area contributed by atoms with Crippen LogP contribution in [0, 0.1) is 0 Å². The number of ether oxygens (including phenoxy) is 1. The molecule has 0 aliphatic heterocycles. The summed E-state index contributed by atoms with van der Waals surface area (Å²) in [4.78, 5) is 35.2. The van der Waals surface area contributed by atoms with Crippen LogP contribution in [0.4, 0.5) is 18.0 Å². The van der Waals surface area contributed by atoms with Crippen LogP contribution in [0.1, 0.15) is 23.1 Å². The second-order valence-electron chi connectivity index (χ2n) is 7.12. The van der Waals surface area contributed by atoms with E-state index < -0.39 is 54.7 Å². The fourth-order valence-corrected chi connectivity index (χ4v) is 2.91. The first-order valence-electron chi connectivity index (χ1n) is 9.86. The number of aliphatic hydroxyl groups excluding tert-OH is 1. The van der Waals surface area contributed by atoms with Crippen LogP contribution in [-0.4, -0.2) is 46.9 Å². The molecule has 2 rings (SSSR count). The number of halogens is 3. The van der Waals surface area contributed by atoms with Crippen molar-refractivity contribution in [1.29, 1.82) is 0 Å². The molecule has 0 saturated carbocycles. The van der Waals surface area contributed by atoms with Gasteiger partial charge in [0.1, 0.15) is 12.6 Å². The Morgan fingerprint density at radius 1 is 1.00 bits per heavy atom. The molecular formula is C22H23F3N2O6. The number of aliphatic carboxylic acids is 1. The highest BCUT2D eigenvalue weighted by atomic mass is 19.4. The molecule has 0 spiro atoms. The standard InChI is InChI=1S/C22H23F3N2O6/c23-22(24,25)17-9-5-4-8-15(17)10-18(20(30)31)27-19(29)11-16(28)12-26-21(32)33-13-14-6-2-1-3-7-14/h1-9,16,18,28H,10-13H2,(H,26,32)(H,27,29)(H,30,31)/t16-,18+/m0/s1. The first-order chi connectivity index (χ1) is 15.6. The number of nitrogens with one attached hydrogen (secondary N) is 2. The van der Waals surface area contributed by atoms with Gasteiger partial charge in [-0.05, 0) is 17.2 Å². The molecule has 11 heteroatoms. The Labute approximate surface area is 187 Å². The van der Waals surface area contributed by atoms with E-state index in [0.29, 0.717) is 0 Å². The summed E-state index contributed by atoms with van der Waals surface area (Å²) in [6.07, 6.45) is -8.06. The van der Waals surface area contributed by atoms with Crippen LogP contribution in [-0.2, 0) is 33.5 Å². The zero-order valence-corrected chi connectivity index (χ0v) is 17.3. The minimum atomic E-state index is -4.68. The summed E-state index contributed by atoms with van der Waals surface area (Å²) in [5, 5.41) is 23.6. The molecule has 2 aromatic rings. The topological polar surface area (TPSA) is 125 Å². The lowest BCUT2D eigenvalue weighted by atomic mass is 9.99. The third-order valence-corrected chi connectivity index (χ3v) is 4.50. The van der Waals surface area contributed by atoms with Gasteiger partial charge in [0.05, 0.1) is 18.1 Å². The Bertz CT molecular complexity index is 953. The van der Waals surface area contributed by atoms with Crippen molar-refractivity contribution in [2.45, 2.75) is 37.8 Å². The Morgan fingerprint density at radius 2 is 1.64 bits per heavy atom. The van der Waals surface area contributed by atoms with Gasteiger partial charge < -0.3 is 25.6 Å². The minimum Gasteiger partial charge on any atom is -0.480 e. The summed E-state index contributed by atoms with van der Waals surface area (Å²) in [5.74, 6) is -2.43. The number of aliphatic hydroxyl groups is 1. The highest BCUT2D eigenvalue weighted by Crippen LogP contribution is 2.32. The largest absolute Gasteiger partial charge is 0.480 e. The lowest BCUT2D eigenvalue weighted by Gasteiger charge is -2.19. The Kier molecular flexibility index (Phi) is 9.22. The van der Waals surface area contributed by atoms with Crippen LogP contribution >= 0.6 is 0 Å². The summed E-state index contributed by atoms with van der Waals surface area (Å²) in [6.45, 7) is -0.349. The first-order valence-corrected chi connectivity index (χ1v) is 9.86. The van der Waals surface area contributed by atoms with Crippen LogP contribution in [0.15, 0.2) is 54.6 Å². The van der Waals surface area contributed by atoms with Gasteiger partial charge in [0.15, 0.2) is 0 Å². The van der Waals surface area contributed by atoms with E-state index in [-0.39, 0.29) is 18.7 Å². The smallest absolute Gasteiger partial charge is 0.416 e. The molecule has 0 aromatic heterocycles. The molecule has 0 aliphatic carbocycles. The number of amides is 2. The lowest BCUT2D eigenvalue weighted by molar-refractivity contribution is -0.143. The number of alkyl carbamates (subject to hydrolysis) is 1. The van der Waals surface area contributed by atoms with Crippen molar-refractivity contribution in [3.8, 4) is 0 Å². The normalized spacial score (nSPS) is 13.0. The molecule has 0 bridgehead atoms. The number of hydrogen-bond donors (Lipinski definition) is 4. The Balaban J connectivity index is 1.83. The number of rotatable bonds is 10. The van der Waals surface area contributed by atoms with Gasteiger partial charge in [0.25, 0.3) is 0 Å². The van der Waals surface area contributed by atoms with E-state index in [9.17, 15) is 37.8 Å². The molecule has 0 fully saturated rings. The van der Waals surface area contributed by atoms with Crippen LogP contribution in [0.5, 0.6) is 0 Å². The molecule has 2 atom stereocenters. The Hall–Kier alpha value is -3.60. The van der Waals surface area contributed by atoms with Gasteiger partial charge in [-0.3, -0.25) is 4.79 Å². The minimum absolute atomic E-state index is 0.00292. The molecule has 33 heavy (non-hydrogen) atoms. The molecule has 0 radical (unpaired) electrons. The van der Waals surface area contributed by atoms with Gasteiger partial charge in [-0.25, -0.2) is 9.59 Å². The van der Waals surface area contributed by atoms with Gasteiger partial charge in [-0.2, -0.15) is 13.2 Å². The summed E-state index contributed by atoms with van der Waals surface area (Å²) < 4.78 is 44.3. The zero-order valence-electron chi connectivity index (χ0n) is 17.3. The monoisotopic (exact) mass is 468 g/mol. The zero-order chi connectivity index (χ0) is 24.4. The second kappa shape index (κ2) is 11.9. The summed E-state index contributed by atoms with van der Waals surface area (Å²) in [6, 6.07) is 11.7. The number of alkyl halides is 3. The van der Waals surface area contributed by atoms with Crippen molar-refractivity contribution in [3.05, 3.63) is 71.3 Å². The molecular weight excluding hydrogens is 445 g/mol. The third-order valence-electron chi connectivity index (χ3n) is 4.50. The van der Waals surface area contributed by atoms with E-state index in [1.165, 1.54) is 12.1 Å². The van der Waals surface area contributed by atoms with Crippen LogP contribution in [0.25, 0.3) is 0 Å². The van der Waals surface area contributed by atoms with Crippen LogP contribution in [0.2, 0.25) is 0 Å². The second-order valence-corrected chi connectivity index (χ2v) is 7.12. The van der Waals surface area contributed by atoms with Crippen molar-refractivity contribution in [2.75, 3.05) is 6.54 Å². The molecule has 0 aliphatic rings. The van der Waals surface area contributed by atoms with E-state index in [1.807, 2.05) is 0 Å². The Morgan fingerprint density at radius 3 is 2.27 bits per heavy atom. The van der Waals surface area contributed by atoms with E-state index in [0.717, 1.165) is 17.7 Å². The van der Waals surface area contributed by atoms with Crippen molar-refractivity contribution in [2.24, 2.45) is 0 Å². The highest BCUT2D eigenvalue weighted by molar-refractivity contribution is 5.84. The first kappa shape index (κ1) is 25.7. The summed E-state index contributed by atoms with van der Waals surface area (Å²) >= 11 is 0. The maximum absolute atomic E-state index is 13.1. The molecule has 0 heterocycles. The number of carbonyl (C=O) groups excluding carboxylic acids is 2. The summed E-state index contributed by atoms with van der Waals surface area (Å²) in [7, 11) is 0. The van der Waals surface area contributed by atoms with Gasteiger partial charge in [0, 0.05) is 13.0 Å². The number of carbonyl (C=O) groups is 3. The average molecular weight is 468 g/mol. The average Bonchev–Trinajstić information content (AvgIpc) is 2.76. The molecule has 2 aromatic carbocycles. The molecule has 2 amide bonds. The van der Waals surface area contributed by atoms with Gasteiger partial charge in [-0.15, -0.1) is 0 Å². The maximum atomic E-state index is 13.1. The predicted molar refractivity (Wildman–Crippen MR) is 110 cm³/mol. The van der Waals surface area contributed by atoms with E-state index in [2.05, 4.69) is 10.6 Å². The van der Waals surface area contributed by atoms with Crippen molar-refractivity contribution < 1.29 is 42.5 Å². The van der Waals surface area contributed by atoms with Crippen LogP contribution in [0.3, 0.4) is 0 Å². The molecule has 0 unspecified atom stereocenters. The molecule has 8 nitrogen and oxygen atoms in total. The molecule has 0 saturated heterocycles. The van der Waals surface area contributed by atoms with Gasteiger partial charge in [-0.1, -0.05) is 48.5 Å². The van der Waals surface area contributed by atoms with Gasteiger partial charge in [0.2, 0.25) is 5.91 Å². The lowest BCUT2D eigenvalue weighted by Crippen LogP contribution is -2.44. The fraction of sp³-hybridized carbons (Fsp3) is 0.318. The number of hydrogen-bond acceptors (Lipinski definition) is 5. The molecule has 178 valence electrons. The van der Waals surface area contributed by atoms with E-state index >= 15 is 0 Å². The van der Waals surface area contributed by atoms with Gasteiger partial charge >= 0.3 is 18.2 Å². The number of carboxylic acids is 1.